The summed E-state index contributed by atoms with van der Waals surface area (Å²) in [5.41, 5.74) is 2.97. The van der Waals surface area contributed by atoms with Crippen molar-refractivity contribution in [2.24, 2.45) is 0 Å². The van der Waals surface area contributed by atoms with Gasteiger partial charge in [0.15, 0.2) is 0 Å². The van der Waals surface area contributed by atoms with Crippen LogP contribution in [-0.4, -0.2) is 32.8 Å². The Labute approximate surface area is 152 Å². The van der Waals surface area contributed by atoms with Crippen molar-refractivity contribution < 1.29 is 4.79 Å². The van der Waals surface area contributed by atoms with Gasteiger partial charge in [0.2, 0.25) is 5.91 Å². The van der Waals surface area contributed by atoms with Crippen molar-refractivity contribution in [3.8, 4) is 11.8 Å². The smallest absolute Gasteiger partial charge is 0.228 e. The molecule has 1 amide bonds. The lowest BCUT2D eigenvalue weighted by molar-refractivity contribution is -0.131. The summed E-state index contributed by atoms with van der Waals surface area (Å²) in [6.45, 7) is 1.94. The number of rotatable bonds is 5. The van der Waals surface area contributed by atoms with E-state index in [1.807, 2.05) is 49.4 Å². The predicted octanol–water partition coefficient (Wildman–Crippen LogP) is 2.90. The summed E-state index contributed by atoms with van der Waals surface area (Å²) in [6, 6.07) is 18.8. The second-order valence-electron chi connectivity index (χ2n) is 6.06. The van der Waals surface area contributed by atoms with Gasteiger partial charge in [-0.1, -0.05) is 30.3 Å². The third-order valence-corrected chi connectivity index (χ3v) is 4.33. The standard InChI is InChI=1S/C20H19N5O/c1-15(17-8-6-7-16(11-17)13-21)24(2)20(26)12-18-14-22-25(23-18)19-9-4-3-5-10-19/h3-11,14-15H,12H2,1-2H3. The van der Waals surface area contributed by atoms with E-state index < -0.39 is 0 Å². The normalized spacial score (nSPS) is 11.6. The Morgan fingerprint density at radius 3 is 2.73 bits per heavy atom. The molecule has 6 nitrogen and oxygen atoms in total. The van der Waals surface area contributed by atoms with Crippen LogP contribution in [0.1, 0.15) is 29.8 Å². The summed E-state index contributed by atoms with van der Waals surface area (Å²) in [6.07, 6.45) is 1.78. The molecular weight excluding hydrogens is 326 g/mol. The van der Waals surface area contributed by atoms with Crippen LogP contribution in [-0.2, 0) is 11.2 Å². The van der Waals surface area contributed by atoms with Gasteiger partial charge >= 0.3 is 0 Å². The summed E-state index contributed by atoms with van der Waals surface area (Å²) in [5, 5.41) is 17.6. The number of nitriles is 1. The molecule has 1 aromatic heterocycles. The fraction of sp³-hybridized carbons (Fsp3) is 0.200. The molecule has 26 heavy (non-hydrogen) atoms. The average molecular weight is 345 g/mol. The molecule has 6 heteroatoms. The third-order valence-electron chi connectivity index (χ3n) is 4.33. The zero-order valence-corrected chi connectivity index (χ0v) is 14.7. The van der Waals surface area contributed by atoms with E-state index in [0.29, 0.717) is 11.3 Å². The quantitative estimate of drug-likeness (QED) is 0.712. The molecule has 0 aliphatic carbocycles. The zero-order valence-electron chi connectivity index (χ0n) is 14.7. The van der Waals surface area contributed by atoms with E-state index in [4.69, 9.17) is 5.26 Å². The molecule has 0 aliphatic heterocycles. The van der Waals surface area contributed by atoms with E-state index in [1.54, 1.807) is 30.3 Å². The van der Waals surface area contributed by atoms with Crippen LogP contribution >= 0.6 is 0 Å². The van der Waals surface area contributed by atoms with Crippen LogP contribution in [0.5, 0.6) is 0 Å². The van der Waals surface area contributed by atoms with Gasteiger partial charge in [-0.25, -0.2) is 0 Å². The molecule has 1 heterocycles. The number of hydrogen-bond acceptors (Lipinski definition) is 4. The van der Waals surface area contributed by atoms with Gasteiger partial charge in [0, 0.05) is 7.05 Å². The molecule has 0 saturated heterocycles. The number of nitrogens with zero attached hydrogens (tertiary/aromatic N) is 5. The minimum Gasteiger partial charge on any atom is -0.339 e. The number of aromatic nitrogens is 3. The van der Waals surface area contributed by atoms with Crippen molar-refractivity contribution in [1.29, 1.82) is 5.26 Å². The van der Waals surface area contributed by atoms with E-state index in [0.717, 1.165) is 11.3 Å². The number of hydrogen-bond donors (Lipinski definition) is 0. The van der Waals surface area contributed by atoms with Crippen LogP contribution in [0.4, 0.5) is 0 Å². The monoisotopic (exact) mass is 345 g/mol. The molecule has 0 bridgehead atoms. The SMILES string of the molecule is CC(c1cccc(C#N)c1)N(C)C(=O)Cc1cnn(-c2ccccc2)n1. The van der Waals surface area contributed by atoms with Gasteiger partial charge in [0.05, 0.1) is 41.7 Å². The molecule has 2 aromatic carbocycles. The molecule has 0 radical (unpaired) electrons. The van der Waals surface area contributed by atoms with E-state index >= 15 is 0 Å². The third kappa shape index (κ3) is 3.78. The lowest BCUT2D eigenvalue weighted by atomic mass is 10.0. The minimum atomic E-state index is -0.139. The lowest BCUT2D eigenvalue weighted by Gasteiger charge is -2.25. The van der Waals surface area contributed by atoms with Crippen molar-refractivity contribution in [3.63, 3.8) is 0 Å². The summed E-state index contributed by atoms with van der Waals surface area (Å²) in [7, 11) is 1.76. The highest BCUT2D eigenvalue weighted by molar-refractivity contribution is 5.78. The van der Waals surface area contributed by atoms with Crippen LogP contribution in [0.3, 0.4) is 0 Å². The van der Waals surface area contributed by atoms with E-state index in [1.165, 1.54) is 4.80 Å². The first-order valence-corrected chi connectivity index (χ1v) is 8.31. The Bertz CT molecular complexity index is 942. The van der Waals surface area contributed by atoms with Crippen LogP contribution in [0.25, 0.3) is 5.69 Å². The van der Waals surface area contributed by atoms with Crippen molar-refractivity contribution in [1.82, 2.24) is 19.9 Å². The topological polar surface area (TPSA) is 74.8 Å². The second kappa shape index (κ2) is 7.62. The molecule has 0 saturated carbocycles. The zero-order chi connectivity index (χ0) is 18.5. The van der Waals surface area contributed by atoms with Crippen molar-refractivity contribution in [3.05, 3.63) is 77.6 Å². The van der Waals surface area contributed by atoms with Gasteiger partial charge in [-0.15, -0.1) is 0 Å². The minimum absolute atomic E-state index is 0.0556. The second-order valence-corrected chi connectivity index (χ2v) is 6.06. The van der Waals surface area contributed by atoms with Gasteiger partial charge < -0.3 is 4.90 Å². The fourth-order valence-electron chi connectivity index (χ4n) is 2.65. The molecule has 0 aliphatic rings. The highest BCUT2D eigenvalue weighted by Crippen LogP contribution is 2.20. The Balaban J connectivity index is 1.69. The molecule has 0 N–H and O–H groups in total. The number of benzene rings is 2. The highest BCUT2D eigenvalue weighted by Gasteiger charge is 2.19. The van der Waals surface area contributed by atoms with Gasteiger partial charge in [0.25, 0.3) is 0 Å². The highest BCUT2D eigenvalue weighted by atomic mass is 16.2. The van der Waals surface area contributed by atoms with Crippen LogP contribution in [0, 0.1) is 11.3 Å². The largest absolute Gasteiger partial charge is 0.339 e. The molecule has 1 unspecified atom stereocenters. The lowest BCUT2D eigenvalue weighted by Crippen LogP contribution is -2.31. The summed E-state index contributed by atoms with van der Waals surface area (Å²) >= 11 is 0. The van der Waals surface area contributed by atoms with Crippen molar-refractivity contribution in [2.45, 2.75) is 19.4 Å². The van der Waals surface area contributed by atoms with Crippen molar-refractivity contribution in [2.75, 3.05) is 7.05 Å². The van der Waals surface area contributed by atoms with Gasteiger partial charge in [-0.3, -0.25) is 4.79 Å². The Morgan fingerprint density at radius 1 is 1.23 bits per heavy atom. The molecule has 3 aromatic rings. The van der Waals surface area contributed by atoms with E-state index in [2.05, 4.69) is 16.3 Å². The maximum atomic E-state index is 12.6. The Kier molecular flexibility index (Phi) is 5.09. The summed E-state index contributed by atoms with van der Waals surface area (Å²) in [4.78, 5) is 15.8. The average Bonchev–Trinajstić information content (AvgIpc) is 3.16. The van der Waals surface area contributed by atoms with E-state index in [9.17, 15) is 4.79 Å². The van der Waals surface area contributed by atoms with Crippen molar-refractivity contribution >= 4 is 5.91 Å². The number of likely N-dealkylation sites (N-methyl/N-ethyl adjacent to an activating group) is 1. The summed E-state index contributed by atoms with van der Waals surface area (Å²) < 4.78 is 0. The molecular formula is C20H19N5O. The Hall–Kier alpha value is -3.46. The Morgan fingerprint density at radius 2 is 2.00 bits per heavy atom. The molecule has 3 rings (SSSR count). The van der Waals surface area contributed by atoms with Crippen LogP contribution in [0.15, 0.2) is 60.8 Å². The molecule has 130 valence electrons. The van der Waals surface area contributed by atoms with Crippen LogP contribution < -0.4 is 0 Å². The fourth-order valence-corrected chi connectivity index (χ4v) is 2.65. The van der Waals surface area contributed by atoms with Gasteiger partial charge in [-0.2, -0.15) is 20.3 Å². The number of carbonyl (C=O) groups excluding carboxylic acids is 1. The number of carbonyl (C=O) groups is 1. The first kappa shape index (κ1) is 17.4. The maximum absolute atomic E-state index is 12.6. The number of amides is 1. The first-order chi connectivity index (χ1) is 12.6. The maximum Gasteiger partial charge on any atom is 0.228 e. The van der Waals surface area contributed by atoms with Gasteiger partial charge in [0.1, 0.15) is 0 Å². The van der Waals surface area contributed by atoms with Gasteiger partial charge in [-0.05, 0) is 36.8 Å². The van der Waals surface area contributed by atoms with Crippen LogP contribution in [0.2, 0.25) is 0 Å². The van der Waals surface area contributed by atoms with E-state index in [-0.39, 0.29) is 18.4 Å². The molecule has 0 fully saturated rings. The first-order valence-electron chi connectivity index (χ1n) is 8.31. The molecule has 0 spiro atoms. The molecule has 1 atom stereocenters. The predicted molar refractivity (Wildman–Crippen MR) is 97.4 cm³/mol. The number of para-hydroxylation sites is 1. The summed E-state index contributed by atoms with van der Waals surface area (Å²) in [5.74, 6) is -0.0556.